The Labute approximate surface area is 122 Å². The summed E-state index contributed by atoms with van der Waals surface area (Å²) in [6, 6.07) is 0. The number of rotatable bonds is 4. The number of hydrogen-bond acceptors (Lipinski definition) is 3. The van der Waals surface area contributed by atoms with Crippen LogP contribution >= 0.6 is 0 Å². The van der Waals surface area contributed by atoms with Gasteiger partial charge < -0.3 is 10.2 Å². The summed E-state index contributed by atoms with van der Waals surface area (Å²) in [5, 5.41) is 3.45. The van der Waals surface area contributed by atoms with Crippen molar-refractivity contribution in [2.24, 2.45) is 11.8 Å². The maximum atomic E-state index is 12.7. The van der Waals surface area contributed by atoms with Gasteiger partial charge in [0.05, 0.1) is 5.92 Å². The largest absolute Gasteiger partial charge is 0.387 e. The highest BCUT2D eigenvalue weighted by Crippen LogP contribution is 2.33. The lowest BCUT2D eigenvalue weighted by atomic mass is 9.80. The molecule has 0 bridgehead atoms. The van der Waals surface area contributed by atoms with Crippen LogP contribution in [0.3, 0.4) is 0 Å². The summed E-state index contributed by atoms with van der Waals surface area (Å²) in [6.45, 7) is 6.48. The van der Waals surface area contributed by atoms with Crippen LogP contribution in [0.2, 0.25) is 0 Å². The molecule has 3 rings (SSSR count). The van der Waals surface area contributed by atoms with Gasteiger partial charge in [-0.15, -0.1) is 0 Å². The number of carbonyl (C=O) groups excluding carboxylic acids is 1. The average Bonchev–Trinajstić information content (AvgIpc) is 2.94. The zero-order valence-corrected chi connectivity index (χ0v) is 12.5. The van der Waals surface area contributed by atoms with Gasteiger partial charge in [0.1, 0.15) is 5.78 Å². The van der Waals surface area contributed by atoms with E-state index in [1.807, 2.05) is 0 Å². The van der Waals surface area contributed by atoms with E-state index in [-0.39, 0.29) is 5.92 Å². The lowest BCUT2D eigenvalue weighted by Gasteiger charge is -2.29. The van der Waals surface area contributed by atoms with Gasteiger partial charge in [-0.2, -0.15) is 0 Å². The number of carbonyl (C=O) groups is 1. The molecule has 1 fully saturated rings. The number of Topliss-reactive ketones (excluding diaryl/α,β-unsaturated/α-hetero) is 1. The number of nitrogens with zero attached hydrogens (tertiary/aromatic N) is 1. The number of likely N-dealkylation sites (tertiary alicyclic amines) is 1. The molecule has 0 saturated carbocycles. The highest BCUT2D eigenvalue weighted by atomic mass is 16.1. The molecule has 0 aromatic heterocycles. The highest BCUT2D eigenvalue weighted by molar-refractivity contribution is 5.85. The molecule has 20 heavy (non-hydrogen) atoms. The van der Waals surface area contributed by atoms with E-state index in [0.29, 0.717) is 18.1 Å². The van der Waals surface area contributed by atoms with Crippen molar-refractivity contribution < 1.29 is 4.79 Å². The molecule has 2 unspecified atom stereocenters. The van der Waals surface area contributed by atoms with E-state index in [1.54, 1.807) is 0 Å². The van der Waals surface area contributed by atoms with Crippen molar-refractivity contribution in [2.45, 2.75) is 39.0 Å². The van der Waals surface area contributed by atoms with Crippen molar-refractivity contribution in [3.63, 3.8) is 0 Å². The second-order valence-corrected chi connectivity index (χ2v) is 6.43. The number of nitrogens with one attached hydrogen (secondary N) is 1. The molecular formula is C17H26N2O. The van der Waals surface area contributed by atoms with Crippen molar-refractivity contribution in [2.75, 3.05) is 26.2 Å². The molecule has 0 radical (unpaired) electrons. The molecule has 3 heteroatoms. The predicted octanol–water partition coefficient (Wildman–Crippen LogP) is 2.50. The van der Waals surface area contributed by atoms with Gasteiger partial charge >= 0.3 is 0 Å². The first-order valence-corrected chi connectivity index (χ1v) is 8.16. The molecule has 3 nitrogen and oxygen atoms in total. The fourth-order valence-electron chi connectivity index (χ4n) is 3.77. The van der Waals surface area contributed by atoms with Crippen molar-refractivity contribution in [1.82, 2.24) is 10.2 Å². The van der Waals surface area contributed by atoms with Crippen molar-refractivity contribution in [1.29, 1.82) is 0 Å². The van der Waals surface area contributed by atoms with E-state index in [9.17, 15) is 4.79 Å². The van der Waals surface area contributed by atoms with Gasteiger partial charge in [-0.25, -0.2) is 0 Å². The van der Waals surface area contributed by atoms with Crippen molar-refractivity contribution >= 4 is 5.78 Å². The topological polar surface area (TPSA) is 32.3 Å². The molecule has 2 atom stereocenters. The van der Waals surface area contributed by atoms with Gasteiger partial charge in [0, 0.05) is 25.2 Å². The molecule has 1 aliphatic carbocycles. The van der Waals surface area contributed by atoms with Gasteiger partial charge in [-0.05, 0) is 43.8 Å². The molecule has 1 saturated heterocycles. The molecule has 0 spiro atoms. The Morgan fingerprint density at radius 2 is 2.15 bits per heavy atom. The van der Waals surface area contributed by atoms with E-state index in [4.69, 9.17) is 0 Å². The summed E-state index contributed by atoms with van der Waals surface area (Å²) < 4.78 is 0. The molecule has 3 aliphatic rings. The number of hydrogen-bond donors (Lipinski definition) is 1. The molecule has 1 N–H and O–H groups in total. The smallest absolute Gasteiger partial charge is 0.143 e. The summed E-state index contributed by atoms with van der Waals surface area (Å²) in [5.74, 6) is 0.852. The first-order valence-electron chi connectivity index (χ1n) is 8.16. The lowest BCUT2D eigenvalue weighted by Crippen LogP contribution is -2.35. The Bertz CT molecular complexity index is 432. The normalized spacial score (nSPS) is 30.2. The van der Waals surface area contributed by atoms with Crippen LogP contribution in [0, 0.1) is 11.8 Å². The van der Waals surface area contributed by atoms with Gasteiger partial charge in [-0.3, -0.25) is 4.79 Å². The summed E-state index contributed by atoms with van der Waals surface area (Å²) >= 11 is 0. The number of ketones is 1. The van der Waals surface area contributed by atoms with E-state index < -0.39 is 0 Å². The first-order chi connectivity index (χ1) is 9.75. The van der Waals surface area contributed by atoms with Crippen LogP contribution in [-0.2, 0) is 4.79 Å². The third-order valence-electron chi connectivity index (χ3n) is 4.96. The Balaban J connectivity index is 1.59. The zero-order chi connectivity index (χ0) is 13.9. The highest BCUT2D eigenvalue weighted by Gasteiger charge is 2.33. The lowest BCUT2D eigenvalue weighted by molar-refractivity contribution is -0.123. The second-order valence-electron chi connectivity index (χ2n) is 6.43. The van der Waals surface area contributed by atoms with Crippen LogP contribution in [0.15, 0.2) is 23.4 Å². The van der Waals surface area contributed by atoms with Crippen LogP contribution in [0.25, 0.3) is 0 Å². The minimum Gasteiger partial charge on any atom is -0.387 e. The van der Waals surface area contributed by atoms with E-state index >= 15 is 0 Å². The third kappa shape index (κ3) is 2.83. The quantitative estimate of drug-likeness (QED) is 0.855. The Hall–Kier alpha value is -1.09. The number of allylic oxidation sites excluding steroid dienone is 3. The average molecular weight is 274 g/mol. The SMILES string of the molecule is CC1C=CC2=C(NCC2)C1C(=O)CCN1CCCCC1. The Morgan fingerprint density at radius 1 is 1.35 bits per heavy atom. The summed E-state index contributed by atoms with van der Waals surface area (Å²) in [4.78, 5) is 15.1. The summed E-state index contributed by atoms with van der Waals surface area (Å²) in [5.41, 5.74) is 2.59. The second kappa shape index (κ2) is 6.13. The van der Waals surface area contributed by atoms with Crippen molar-refractivity contribution in [3.05, 3.63) is 23.4 Å². The van der Waals surface area contributed by atoms with Gasteiger partial charge in [0.2, 0.25) is 0 Å². The van der Waals surface area contributed by atoms with E-state index in [0.717, 1.165) is 19.5 Å². The maximum absolute atomic E-state index is 12.7. The van der Waals surface area contributed by atoms with Gasteiger partial charge in [0.25, 0.3) is 0 Å². The van der Waals surface area contributed by atoms with Gasteiger partial charge in [0.15, 0.2) is 0 Å². The Kier molecular flexibility index (Phi) is 4.25. The van der Waals surface area contributed by atoms with Crippen LogP contribution in [-0.4, -0.2) is 36.9 Å². The zero-order valence-electron chi connectivity index (χ0n) is 12.5. The van der Waals surface area contributed by atoms with Gasteiger partial charge in [-0.1, -0.05) is 25.5 Å². The van der Waals surface area contributed by atoms with Crippen LogP contribution in [0.5, 0.6) is 0 Å². The van der Waals surface area contributed by atoms with Crippen LogP contribution < -0.4 is 5.32 Å². The molecule has 0 aromatic rings. The van der Waals surface area contributed by atoms with Crippen LogP contribution in [0.1, 0.15) is 39.0 Å². The fraction of sp³-hybridized carbons (Fsp3) is 0.706. The Morgan fingerprint density at radius 3 is 2.95 bits per heavy atom. The number of piperidine rings is 1. The standard InChI is InChI=1S/C17H26N2O/c1-13-5-6-14-7-9-18-17(14)16(13)15(20)8-12-19-10-3-2-4-11-19/h5-6,13,16,18H,2-4,7-12H2,1H3. The summed E-state index contributed by atoms with van der Waals surface area (Å²) in [7, 11) is 0. The molecule has 2 aliphatic heterocycles. The molecular weight excluding hydrogens is 248 g/mol. The third-order valence-corrected chi connectivity index (χ3v) is 4.96. The molecule has 2 heterocycles. The predicted molar refractivity (Wildman–Crippen MR) is 81.4 cm³/mol. The molecule has 0 aromatic carbocycles. The van der Waals surface area contributed by atoms with Crippen molar-refractivity contribution in [3.8, 4) is 0 Å². The van der Waals surface area contributed by atoms with Crippen LogP contribution in [0.4, 0.5) is 0 Å². The van der Waals surface area contributed by atoms with E-state index in [2.05, 4.69) is 29.3 Å². The maximum Gasteiger partial charge on any atom is 0.143 e. The first kappa shape index (κ1) is 13.9. The minimum atomic E-state index is 0.0855. The molecule has 0 amide bonds. The fourth-order valence-corrected chi connectivity index (χ4v) is 3.77. The molecule has 110 valence electrons. The monoisotopic (exact) mass is 274 g/mol. The van der Waals surface area contributed by atoms with E-state index in [1.165, 1.54) is 43.6 Å². The summed E-state index contributed by atoms with van der Waals surface area (Å²) in [6.07, 6.45) is 10.2. The minimum absolute atomic E-state index is 0.0855.